The minimum Gasteiger partial charge on any atom is -0.478 e. The highest BCUT2D eigenvalue weighted by Gasteiger charge is 2.35. The normalized spacial score (nSPS) is 19.0. The number of aromatic carboxylic acids is 1. The van der Waals surface area contributed by atoms with Crippen molar-refractivity contribution in [1.29, 1.82) is 0 Å². The molecule has 0 aromatic carbocycles. The highest BCUT2D eigenvalue weighted by molar-refractivity contribution is 5.99. The summed E-state index contributed by atoms with van der Waals surface area (Å²) < 4.78 is 1.18. The van der Waals surface area contributed by atoms with Crippen LogP contribution in [-0.4, -0.2) is 39.4 Å². The van der Waals surface area contributed by atoms with Crippen LogP contribution in [0.5, 0.6) is 0 Å². The van der Waals surface area contributed by atoms with Crippen LogP contribution in [0, 0.1) is 13.8 Å². The molecule has 1 aromatic rings. The van der Waals surface area contributed by atoms with Gasteiger partial charge in [0, 0.05) is 25.2 Å². The van der Waals surface area contributed by atoms with Crippen LogP contribution >= 0.6 is 0 Å². The number of hydrogen-bond donors (Lipinski definition) is 1. The van der Waals surface area contributed by atoms with Crippen molar-refractivity contribution >= 4 is 17.8 Å². The van der Waals surface area contributed by atoms with Gasteiger partial charge in [-0.05, 0) is 25.8 Å². The third-order valence-corrected chi connectivity index (χ3v) is 3.84. The number of nitrogens with zero attached hydrogens (tertiary/aromatic N) is 2. The minimum absolute atomic E-state index is 0.0157. The van der Waals surface area contributed by atoms with Crippen LogP contribution in [0.25, 0.3) is 0 Å². The number of carboxylic acids is 1. The van der Waals surface area contributed by atoms with Crippen molar-refractivity contribution in [2.75, 3.05) is 7.05 Å². The van der Waals surface area contributed by atoms with Crippen molar-refractivity contribution < 1.29 is 19.5 Å². The first-order chi connectivity index (χ1) is 9.75. The molecule has 1 fully saturated rings. The zero-order valence-corrected chi connectivity index (χ0v) is 12.0. The fourth-order valence-electron chi connectivity index (χ4n) is 2.75. The lowest BCUT2D eigenvalue weighted by Gasteiger charge is -2.30. The molecule has 0 bridgehead atoms. The Morgan fingerprint density at radius 3 is 2.48 bits per heavy atom. The molecule has 1 saturated heterocycles. The first kappa shape index (κ1) is 15.0. The first-order valence-corrected chi connectivity index (χ1v) is 6.52. The zero-order valence-electron chi connectivity index (χ0n) is 12.0. The summed E-state index contributed by atoms with van der Waals surface area (Å²) in [5, 5.41) is 9.26. The van der Waals surface area contributed by atoms with Gasteiger partial charge in [0.05, 0.1) is 5.56 Å². The van der Waals surface area contributed by atoms with Crippen LogP contribution in [0.1, 0.15) is 40.5 Å². The zero-order chi connectivity index (χ0) is 15.9. The molecule has 2 heterocycles. The fraction of sp³-hybridized carbons (Fsp3) is 0.429. The molecule has 0 spiro atoms. The summed E-state index contributed by atoms with van der Waals surface area (Å²) in [7, 11) is 1.36. The lowest BCUT2D eigenvalue weighted by molar-refractivity contribution is -0.149. The number of piperidine rings is 1. The Kier molecular flexibility index (Phi) is 3.67. The van der Waals surface area contributed by atoms with E-state index in [9.17, 15) is 24.3 Å². The summed E-state index contributed by atoms with van der Waals surface area (Å²) in [6, 6.07) is 0.374. The fourth-order valence-corrected chi connectivity index (χ4v) is 2.75. The molecule has 1 aromatic heterocycles. The van der Waals surface area contributed by atoms with Crippen LogP contribution in [0.4, 0.5) is 0 Å². The summed E-state index contributed by atoms with van der Waals surface area (Å²) >= 11 is 0. The van der Waals surface area contributed by atoms with E-state index in [1.165, 1.54) is 24.6 Å². The average molecular weight is 292 g/mol. The van der Waals surface area contributed by atoms with Crippen molar-refractivity contribution in [2.45, 2.75) is 32.7 Å². The summed E-state index contributed by atoms with van der Waals surface area (Å²) in [4.78, 5) is 48.2. The van der Waals surface area contributed by atoms with Crippen LogP contribution in [0.2, 0.25) is 0 Å². The van der Waals surface area contributed by atoms with Gasteiger partial charge >= 0.3 is 5.97 Å². The lowest BCUT2D eigenvalue weighted by atomic mass is 10.0. The van der Waals surface area contributed by atoms with E-state index in [4.69, 9.17) is 0 Å². The third kappa shape index (κ3) is 2.35. The van der Waals surface area contributed by atoms with Crippen molar-refractivity contribution in [2.24, 2.45) is 0 Å². The Labute approximate surface area is 120 Å². The molecule has 1 unspecified atom stereocenters. The number of rotatable bonds is 2. The predicted molar refractivity (Wildman–Crippen MR) is 73.2 cm³/mol. The lowest BCUT2D eigenvalue weighted by Crippen LogP contribution is -2.46. The van der Waals surface area contributed by atoms with Crippen LogP contribution in [0.15, 0.2) is 10.9 Å². The van der Waals surface area contributed by atoms with Crippen molar-refractivity contribution in [1.82, 2.24) is 9.47 Å². The van der Waals surface area contributed by atoms with Gasteiger partial charge in [0.25, 0.3) is 11.5 Å². The van der Waals surface area contributed by atoms with Crippen molar-refractivity contribution in [3.8, 4) is 0 Å². The molecular weight excluding hydrogens is 276 g/mol. The van der Waals surface area contributed by atoms with E-state index in [1.807, 2.05) is 0 Å². The minimum atomic E-state index is -1.15. The number of aryl methyl sites for hydroxylation is 1. The predicted octanol–water partition coefficient (Wildman–Crippen LogP) is 0.483. The number of likely N-dealkylation sites (tertiary alicyclic amines) is 1. The number of hydrogen-bond acceptors (Lipinski definition) is 4. The van der Waals surface area contributed by atoms with E-state index in [0.29, 0.717) is 5.56 Å². The van der Waals surface area contributed by atoms with Gasteiger partial charge in [0.15, 0.2) is 0 Å². The summed E-state index contributed by atoms with van der Waals surface area (Å²) in [5.41, 5.74) is 0.167. The van der Waals surface area contributed by atoms with Gasteiger partial charge in [-0.2, -0.15) is 0 Å². The van der Waals surface area contributed by atoms with Gasteiger partial charge in [-0.15, -0.1) is 0 Å². The molecule has 0 radical (unpaired) electrons. The number of carboxylic acid groups (broad SMARTS) is 1. The number of pyridine rings is 1. The Morgan fingerprint density at radius 1 is 1.29 bits per heavy atom. The largest absolute Gasteiger partial charge is 0.478 e. The topological polar surface area (TPSA) is 96.7 Å². The Morgan fingerprint density at radius 2 is 1.90 bits per heavy atom. The van der Waals surface area contributed by atoms with Crippen molar-refractivity contribution in [3.63, 3.8) is 0 Å². The Hall–Kier alpha value is -2.44. The maximum Gasteiger partial charge on any atom is 0.337 e. The molecule has 2 amide bonds. The summed E-state index contributed by atoms with van der Waals surface area (Å²) in [6.07, 6.45) is 0.347. The molecule has 2 rings (SSSR count). The van der Waals surface area contributed by atoms with Gasteiger partial charge in [-0.25, -0.2) is 4.79 Å². The van der Waals surface area contributed by atoms with Gasteiger partial charge in [0.1, 0.15) is 6.04 Å². The van der Waals surface area contributed by atoms with E-state index >= 15 is 0 Å². The molecule has 1 atom stereocenters. The number of carbonyl (C=O) groups is 3. The van der Waals surface area contributed by atoms with E-state index in [-0.39, 0.29) is 30.0 Å². The Balaban J connectivity index is 2.62. The highest BCUT2D eigenvalue weighted by atomic mass is 16.4. The number of imide groups is 1. The third-order valence-electron chi connectivity index (χ3n) is 3.84. The average Bonchev–Trinajstić information content (AvgIpc) is 2.37. The molecule has 0 saturated carbocycles. The second-order valence-electron chi connectivity index (χ2n) is 5.15. The quantitative estimate of drug-likeness (QED) is 0.800. The maximum absolute atomic E-state index is 12.2. The van der Waals surface area contributed by atoms with Crippen LogP contribution < -0.4 is 5.56 Å². The van der Waals surface area contributed by atoms with E-state index in [2.05, 4.69) is 0 Å². The first-order valence-electron chi connectivity index (χ1n) is 6.52. The monoisotopic (exact) mass is 292 g/mol. The SMILES string of the molecule is Cc1cc(=O)n(C2CCC(=O)N(C)C2=O)c(C)c1C(=O)O. The molecule has 7 nitrogen and oxygen atoms in total. The number of carbonyl (C=O) groups excluding carboxylic acids is 2. The number of aromatic nitrogens is 1. The highest BCUT2D eigenvalue weighted by Crippen LogP contribution is 2.24. The molecule has 0 aliphatic carbocycles. The van der Waals surface area contributed by atoms with E-state index < -0.39 is 23.5 Å². The van der Waals surface area contributed by atoms with Crippen molar-refractivity contribution in [3.05, 3.63) is 33.2 Å². The standard InChI is InChI=1S/C14H16N2O5/c1-7-6-11(18)16(8(2)12(7)14(20)21)9-4-5-10(17)15(3)13(9)19/h6,9H,4-5H2,1-3H3,(H,20,21). The number of likely N-dealkylation sites (N-methyl/N-ethyl adjacent to an activating group) is 1. The Bertz CT molecular complexity index is 704. The smallest absolute Gasteiger partial charge is 0.337 e. The maximum atomic E-state index is 12.2. The molecule has 1 aliphatic rings. The van der Waals surface area contributed by atoms with E-state index in [1.54, 1.807) is 6.92 Å². The van der Waals surface area contributed by atoms with Crippen LogP contribution in [-0.2, 0) is 9.59 Å². The number of amides is 2. The van der Waals surface area contributed by atoms with Gasteiger partial charge in [0.2, 0.25) is 5.91 Å². The molecule has 1 N–H and O–H groups in total. The van der Waals surface area contributed by atoms with Gasteiger partial charge in [-0.3, -0.25) is 23.9 Å². The molecule has 21 heavy (non-hydrogen) atoms. The molecule has 112 valence electrons. The second kappa shape index (κ2) is 5.16. The van der Waals surface area contributed by atoms with Gasteiger partial charge < -0.3 is 5.11 Å². The second-order valence-corrected chi connectivity index (χ2v) is 5.15. The van der Waals surface area contributed by atoms with Crippen LogP contribution in [0.3, 0.4) is 0 Å². The van der Waals surface area contributed by atoms with E-state index in [0.717, 1.165) is 4.90 Å². The summed E-state index contributed by atoms with van der Waals surface area (Å²) in [5.74, 6) is -1.93. The van der Waals surface area contributed by atoms with Gasteiger partial charge in [-0.1, -0.05) is 0 Å². The molecule has 7 heteroatoms. The summed E-state index contributed by atoms with van der Waals surface area (Å²) in [6.45, 7) is 3.04. The molecular formula is C14H16N2O5. The molecule has 1 aliphatic heterocycles.